The summed E-state index contributed by atoms with van der Waals surface area (Å²) in [5.41, 5.74) is 3.78. The van der Waals surface area contributed by atoms with Crippen molar-refractivity contribution in [2.24, 2.45) is 0 Å². The highest BCUT2D eigenvalue weighted by atomic mass is 16.1. The van der Waals surface area contributed by atoms with Crippen molar-refractivity contribution in [1.82, 2.24) is 9.97 Å². The molecular weight excluding hydrogens is 314 g/mol. The van der Waals surface area contributed by atoms with Gasteiger partial charge in [-0.2, -0.15) is 0 Å². The summed E-state index contributed by atoms with van der Waals surface area (Å²) in [5, 5.41) is 9.22. The first-order chi connectivity index (χ1) is 12.1. The van der Waals surface area contributed by atoms with E-state index in [9.17, 15) is 4.79 Å². The van der Waals surface area contributed by atoms with Gasteiger partial charge in [0.15, 0.2) is 0 Å². The third-order valence-electron chi connectivity index (χ3n) is 3.44. The lowest BCUT2D eigenvalue weighted by atomic mass is 10.2. The zero-order valence-electron chi connectivity index (χ0n) is 14.1. The molecule has 2 aromatic carbocycles. The fourth-order valence-electron chi connectivity index (χ4n) is 2.35. The van der Waals surface area contributed by atoms with E-state index in [1.165, 1.54) is 18.8 Å². The zero-order chi connectivity index (χ0) is 17.6. The maximum atomic E-state index is 11.0. The number of nitrogens with zero attached hydrogens (tertiary/aromatic N) is 2. The molecule has 0 aliphatic heterocycles. The molecule has 0 saturated heterocycles. The molecule has 25 heavy (non-hydrogen) atoms. The van der Waals surface area contributed by atoms with Gasteiger partial charge < -0.3 is 16.0 Å². The number of nitrogens with one attached hydrogen (secondary N) is 3. The molecule has 0 bridgehead atoms. The number of hydrogen-bond acceptors (Lipinski definition) is 5. The maximum Gasteiger partial charge on any atom is 0.221 e. The molecule has 6 nitrogen and oxygen atoms in total. The van der Waals surface area contributed by atoms with E-state index in [1.54, 1.807) is 0 Å². The number of benzene rings is 2. The van der Waals surface area contributed by atoms with Crippen LogP contribution in [0.3, 0.4) is 0 Å². The van der Waals surface area contributed by atoms with Gasteiger partial charge in [0, 0.05) is 30.1 Å². The summed E-state index contributed by atoms with van der Waals surface area (Å²) in [6.45, 7) is 3.53. The summed E-state index contributed by atoms with van der Waals surface area (Å²) in [6.07, 6.45) is 1.51. The monoisotopic (exact) mass is 333 g/mol. The Morgan fingerprint density at radius 3 is 2.12 bits per heavy atom. The average molecular weight is 333 g/mol. The fourth-order valence-corrected chi connectivity index (χ4v) is 2.35. The molecule has 1 heterocycles. The number of amides is 1. The van der Waals surface area contributed by atoms with Crippen LogP contribution in [0, 0.1) is 6.92 Å². The van der Waals surface area contributed by atoms with Crippen LogP contribution in [-0.4, -0.2) is 15.9 Å². The summed E-state index contributed by atoms with van der Waals surface area (Å²) >= 11 is 0. The topological polar surface area (TPSA) is 78.9 Å². The first kappa shape index (κ1) is 16.4. The Morgan fingerprint density at radius 2 is 1.48 bits per heavy atom. The Balaban J connectivity index is 1.70. The molecular formula is C19H19N5O. The van der Waals surface area contributed by atoms with Gasteiger partial charge in [-0.05, 0) is 48.9 Å². The molecule has 0 saturated carbocycles. The highest BCUT2D eigenvalue weighted by molar-refractivity contribution is 5.88. The van der Waals surface area contributed by atoms with Gasteiger partial charge in [0.1, 0.15) is 18.0 Å². The highest BCUT2D eigenvalue weighted by Crippen LogP contribution is 2.21. The smallest absolute Gasteiger partial charge is 0.221 e. The van der Waals surface area contributed by atoms with Gasteiger partial charge in [0.05, 0.1) is 0 Å². The van der Waals surface area contributed by atoms with E-state index in [0.29, 0.717) is 11.6 Å². The van der Waals surface area contributed by atoms with Crippen molar-refractivity contribution in [2.75, 3.05) is 16.0 Å². The van der Waals surface area contributed by atoms with Crippen LogP contribution in [0.25, 0.3) is 0 Å². The molecule has 0 atom stereocenters. The molecule has 3 aromatic rings. The van der Waals surface area contributed by atoms with Crippen LogP contribution in [0.5, 0.6) is 0 Å². The number of aromatic nitrogens is 2. The Morgan fingerprint density at radius 1 is 0.840 bits per heavy atom. The molecule has 3 N–H and O–H groups in total. The van der Waals surface area contributed by atoms with E-state index in [1.807, 2.05) is 55.5 Å². The molecule has 1 amide bonds. The summed E-state index contributed by atoms with van der Waals surface area (Å²) in [4.78, 5) is 19.5. The van der Waals surface area contributed by atoms with Crippen LogP contribution < -0.4 is 16.0 Å². The second-order valence-electron chi connectivity index (χ2n) is 5.67. The predicted octanol–water partition coefficient (Wildman–Crippen LogP) is 4.23. The van der Waals surface area contributed by atoms with Crippen LogP contribution in [0.2, 0.25) is 0 Å². The van der Waals surface area contributed by atoms with Gasteiger partial charge in [-0.1, -0.05) is 12.1 Å². The first-order valence-electron chi connectivity index (χ1n) is 7.89. The lowest BCUT2D eigenvalue weighted by molar-refractivity contribution is -0.114. The summed E-state index contributed by atoms with van der Waals surface area (Å²) in [6, 6.07) is 17.3. The van der Waals surface area contributed by atoms with Gasteiger partial charge >= 0.3 is 0 Å². The van der Waals surface area contributed by atoms with Crippen molar-refractivity contribution in [1.29, 1.82) is 0 Å². The molecule has 0 aliphatic rings. The molecule has 0 spiro atoms. The molecule has 0 aliphatic carbocycles. The fraction of sp³-hybridized carbons (Fsp3) is 0.105. The molecule has 1 aromatic heterocycles. The van der Waals surface area contributed by atoms with Crippen molar-refractivity contribution >= 4 is 34.6 Å². The average Bonchev–Trinajstić information content (AvgIpc) is 2.57. The number of hydrogen-bond donors (Lipinski definition) is 3. The Kier molecular flexibility index (Phi) is 4.89. The lowest BCUT2D eigenvalue weighted by Crippen LogP contribution is -2.05. The summed E-state index contributed by atoms with van der Waals surface area (Å²) < 4.78 is 0. The van der Waals surface area contributed by atoms with Crippen LogP contribution >= 0.6 is 0 Å². The Hall–Kier alpha value is -3.41. The Bertz CT molecular complexity index is 877. The minimum Gasteiger partial charge on any atom is -0.340 e. The quantitative estimate of drug-likeness (QED) is 0.651. The van der Waals surface area contributed by atoms with Gasteiger partial charge in [-0.15, -0.1) is 0 Å². The standard InChI is InChI=1S/C19H19N5O/c1-13-4-3-5-17(10-13)24-19-11-18(20-12-21-19)23-16-8-6-15(7-9-16)22-14(2)25/h3-12H,1-2H3,(H,22,25)(H2,20,21,23,24). The van der Waals surface area contributed by atoms with Gasteiger partial charge in [-0.25, -0.2) is 9.97 Å². The van der Waals surface area contributed by atoms with Crippen LogP contribution in [-0.2, 0) is 4.79 Å². The Labute approximate surface area is 146 Å². The predicted molar refractivity (Wildman–Crippen MR) is 101 cm³/mol. The number of rotatable bonds is 5. The van der Waals surface area contributed by atoms with Gasteiger partial charge in [-0.3, -0.25) is 4.79 Å². The molecule has 6 heteroatoms. The zero-order valence-corrected chi connectivity index (χ0v) is 14.1. The van der Waals surface area contributed by atoms with Crippen LogP contribution in [0.1, 0.15) is 12.5 Å². The van der Waals surface area contributed by atoms with Gasteiger partial charge in [0.25, 0.3) is 0 Å². The minimum absolute atomic E-state index is 0.0941. The second-order valence-corrected chi connectivity index (χ2v) is 5.67. The summed E-state index contributed by atoms with van der Waals surface area (Å²) in [5.74, 6) is 1.29. The third-order valence-corrected chi connectivity index (χ3v) is 3.44. The normalized spacial score (nSPS) is 10.2. The number of carbonyl (C=O) groups is 1. The van der Waals surface area contributed by atoms with E-state index >= 15 is 0 Å². The van der Waals surface area contributed by atoms with Crippen molar-refractivity contribution < 1.29 is 4.79 Å². The molecule has 0 fully saturated rings. The van der Waals surface area contributed by atoms with Gasteiger partial charge in [0.2, 0.25) is 5.91 Å². The lowest BCUT2D eigenvalue weighted by Gasteiger charge is -2.10. The van der Waals surface area contributed by atoms with Crippen LogP contribution in [0.15, 0.2) is 60.9 Å². The number of aryl methyl sites for hydroxylation is 1. The van der Waals surface area contributed by atoms with E-state index in [0.717, 1.165) is 17.1 Å². The van der Waals surface area contributed by atoms with E-state index in [2.05, 4.69) is 32.0 Å². The molecule has 0 unspecified atom stereocenters. The first-order valence-corrected chi connectivity index (χ1v) is 7.89. The molecule has 126 valence electrons. The largest absolute Gasteiger partial charge is 0.340 e. The summed E-state index contributed by atoms with van der Waals surface area (Å²) in [7, 11) is 0. The van der Waals surface area contributed by atoms with E-state index in [-0.39, 0.29) is 5.91 Å². The van der Waals surface area contributed by atoms with Crippen molar-refractivity contribution in [3.8, 4) is 0 Å². The SMILES string of the molecule is CC(=O)Nc1ccc(Nc2cc(Nc3cccc(C)c3)ncn2)cc1. The maximum absolute atomic E-state index is 11.0. The number of carbonyl (C=O) groups excluding carboxylic acids is 1. The van der Waals surface area contributed by atoms with Crippen molar-refractivity contribution in [2.45, 2.75) is 13.8 Å². The minimum atomic E-state index is -0.0941. The van der Waals surface area contributed by atoms with Crippen molar-refractivity contribution in [3.63, 3.8) is 0 Å². The van der Waals surface area contributed by atoms with Crippen molar-refractivity contribution in [3.05, 3.63) is 66.5 Å². The number of anilines is 5. The highest BCUT2D eigenvalue weighted by Gasteiger charge is 2.02. The van der Waals surface area contributed by atoms with E-state index < -0.39 is 0 Å². The van der Waals surface area contributed by atoms with E-state index in [4.69, 9.17) is 0 Å². The molecule has 0 radical (unpaired) electrons. The molecule has 3 rings (SSSR count). The third kappa shape index (κ3) is 4.78. The van der Waals surface area contributed by atoms with Crippen LogP contribution in [0.4, 0.5) is 28.7 Å². The second kappa shape index (κ2) is 7.44.